The van der Waals surface area contributed by atoms with Crippen LogP contribution >= 0.6 is 21.6 Å². The van der Waals surface area contributed by atoms with Crippen molar-refractivity contribution in [2.75, 3.05) is 31.1 Å². The quantitative estimate of drug-likeness (QED) is 0.222. The van der Waals surface area contributed by atoms with Gasteiger partial charge in [0.2, 0.25) is 0 Å². The first-order chi connectivity index (χ1) is 7.31. The molecule has 0 aromatic rings. The largest absolute Gasteiger partial charge is 0.375 e. The lowest BCUT2D eigenvalue weighted by Gasteiger charge is -2.07. The fraction of sp³-hybridized carbons (Fsp3) is 0.600. The summed E-state index contributed by atoms with van der Waals surface area (Å²) >= 11 is 0. The normalized spacial score (nSPS) is 12.3. The molecule has 3 N–H and O–H groups in total. The summed E-state index contributed by atoms with van der Waals surface area (Å²) in [5, 5.41) is 15.2. The van der Waals surface area contributed by atoms with E-state index in [2.05, 4.69) is 23.8 Å². The Hall–Kier alpha value is 0.0600. The van der Waals surface area contributed by atoms with Crippen molar-refractivity contribution >= 4 is 21.6 Å². The van der Waals surface area contributed by atoms with E-state index in [0.717, 1.165) is 31.1 Å². The molecular weight excluding hydrogens is 228 g/mol. The molecule has 88 valence electrons. The molecule has 1 atom stereocenters. The van der Waals surface area contributed by atoms with Crippen molar-refractivity contribution in [3.8, 4) is 0 Å². The van der Waals surface area contributed by atoms with Crippen molar-refractivity contribution in [2.24, 2.45) is 0 Å². The standard InChI is InChI=1S/C10H20N2OS2/c1-3-5-11-6-8-14-15-9-7-12-10(13)4-2/h3-4,10-13H,1-2,5-9H2. The molecule has 0 saturated carbocycles. The minimum atomic E-state index is -0.579. The summed E-state index contributed by atoms with van der Waals surface area (Å²) in [7, 11) is 3.64. The van der Waals surface area contributed by atoms with E-state index >= 15 is 0 Å². The molecular formula is C10H20N2OS2. The Labute approximate surface area is 100 Å². The molecule has 0 rings (SSSR count). The highest BCUT2D eigenvalue weighted by Gasteiger charge is 1.95. The minimum Gasteiger partial charge on any atom is -0.375 e. The molecule has 0 aromatic heterocycles. The first kappa shape index (κ1) is 15.1. The number of aliphatic hydroxyl groups is 1. The van der Waals surface area contributed by atoms with Gasteiger partial charge >= 0.3 is 0 Å². The van der Waals surface area contributed by atoms with E-state index in [-0.39, 0.29) is 0 Å². The molecule has 15 heavy (non-hydrogen) atoms. The summed E-state index contributed by atoms with van der Waals surface area (Å²) in [5.74, 6) is 2.07. The van der Waals surface area contributed by atoms with E-state index < -0.39 is 6.23 Å². The van der Waals surface area contributed by atoms with Crippen LogP contribution in [0.15, 0.2) is 25.3 Å². The molecule has 0 amide bonds. The van der Waals surface area contributed by atoms with Gasteiger partial charge in [0.15, 0.2) is 0 Å². The van der Waals surface area contributed by atoms with Crippen LogP contribution in [0.2, 0.25) is 0 Å². The molecule has 0 saturated heterocycles. The topological polar surface area (TPSA) is 44.3 Å². The average Bonchev–Trinajstić information content (AvgIpc) is 2.26. The van der Waals surface area contributed by atoms with Crippen molar-refractivity contribution < 1.29 is 5.11 Å². The van der Waals surface area contributed by atoms with Gasteiger partial charge < -0.3 is 10.4 Å². The van der Waals surface area contributed by atoms with Gasteiger partial charge in [0.1, 0.15) is 6.23 Å². The highest BCUT2D eigenvalue weighted by atomic mass is 33.1. The van der Waals surface area contributed by atoms with Crippen LogP contribution in [0, 0.1) is 0 Å². The van der Waals surface area contributed by atoms with Crippen LogP contribution in [0.4, 0.5) is 0 Å². The lowest BCUT2D eigenvalue weighted by atomic mass is 10.5. The van der Waals surface area contributed by atoms with E-state index in [9.17, 15) is 0 Å². The van der Waals surface area contributed by atoms with Gasteiger partial charge in [-0.1, -0.05) is 34.2 Å². The van der Waals surface area contributed by atoms with E-state index in [0.29, 0.717) is 0 Å². The van der Waals surface area contributed by atoms with E-state index in [1.165, 1.54) is 6.08 Å². The lowest BCUT2D eigenvalue weighted by Crippen LogP contribution is -2.28. The van der Waals surface area contributed by atoms with Crippen molar-refractivity contribution in [1.29, 1.82) is 0 Å². The fourth-order valence-corrected chi connectivity index (χ4v) is 2.64. The number of nitrogens with one attached hydrogen (secondary N) is 2. The summed E-state index contributed by atoms with van der Waals surface area (Å²) in [6, 6.07) is 0. The maximum absolute atomic E-state index is 9.09. The van der Waals surface area contributed by atoms with Gasteiger partial charge in [-0.05, 0) is 6.08 Å². The number of hydrogen-bond acceptors (Lipinski definition) is 5. The molecule has 0 aliphatic rings. The highest BCUT2D eigenvalue weighted by Crippen LogP contribution is 2.19. The van der Waals surface area contributed by atoms with Crippen LogP contribution in [0.3, 0.4) is 0 Å². The third-order valence-corrected chi connectivity index (χ3v) is 3.90. The molecule has 0 aliphatic heterocycles. The Balaban J connectivity index is 2.98. The van der Waals surface area contributed by atoms with Gasteiger partial charge in [0.25, 0.3) is 0 Å². The second-order valence-corrected chi connectivity index (χ2v) is 5.47. The zero-order valence-corrected chi connectivity index (χ0v) is 10.6. The zero-order chi connectivity index (χ0) is 11.4. The first-order valence-electron chi connectivity index (χ1n) is 4.91. The molecule has 5 heteroatoms. The third kappa shape index (κ3) is 12.0. The van der Waals surface area contributed by atoms with Gasteiger partial charge in [-0.15, -0.1) is 6.58 Å². The second-order valence-electron chi connectivity index (χ2n) is 2.77. The Kier molecular flexibility index (Phi) is 12.2. The van der Waals surface area contributed by atoms with E-state index in [4.69, 9.17) is 5.11 Å². The number of rotatable bonds is 11. The van der Waals surface area contributed by atoms with Gasteiger partial charge in [-0.3, -0.25) is 5.32 Å². The van der Waals surface area contributed by atoms with Crippen molar-refractivity contribution in [1.82, 2.24) is 10.6 Å². The zero-order valence-electron chi connectivity index (χ0n) is 8.95. The van der Waals surface area contributed by atoms with E-state index in [1.807, 2.05) is 16.9 Å². The Morgan fingerprint density at radius 3 is 2.47 bits per heavy atom. The summed E-state index contributed by atoms with van der Waals surface area (Å²) in [5.41, 5.74) is 0. The second kappa shape index (κ2) is 12.1. The van der Waals surface area contributed by atoms with Crippen LogP contribution < -0.4 is 10.6 Å². The highest BCUT2D eigenvalue weighted by molar-refractivity contribution is 8.76. The summed E-state index contributed by atoms with van der Waals surface area (Å²) < 4.78 is 0. The fourth-order valence-electron chi connectivity index (χ4n) is 0.768. The predicted molar refractivity (Wildman–Crippen MR) is 72.2 cm³/mol. The maximum atomic E-state index is 9.09. The van der Waals surface area contributed by atoms with Crippen molar-refractivity contribution in [3.63, 3.8) is 0 Å². The van der Waals surface area contributed by atoms with Crippen LogP contribution in [-0.2, 0) is 0 Å². The first-order valence-corrected chi connectivity index (χ1v) is 7.40. The monoisotopic (exact) mass is 248 g/mol. The molecule has 0 heterocycles. The smallest absolute Gasteiger partial charge is 0.123 e. The van der Waals surface area contributed by atoms with Crippen LogP contribution in [0.5, 0.6) is 0 Å². The summed E-state index contributed by atoms with van der Waals surface area (Å²) in [6.07, 6.45) is 2.76. The van der Waals surface area contributed by atoms with Crippen molar-refractivity contribution in [3.05, 3.63) is 25.3 Å². The van der Waals surface area contributed by atoms with Gasteiger partial charge in [-0.25, -0.2) is 0 Å². The molecule has 0 aromatic carbocycles. The number of aliphatic hydroxyl groups excluding tert-OH is 1. The molecule has 0 aliphatic carbocycles. The molecule has 0 bridgehead atoms. The Morgan fingerprint density at radius 1 is 1.20 bits per heavy atom. The molecule has 0 radical (unpaired) electrons. The molecule has 0 fully saturated rings. The van der Waals surface area contributed by atoms with Crippen LogP contribution in [0.1, 0.15) is 0 Å². The van der Waals surface area contributed by atoms with Crippen LogP contribution in [0.25, 0.3) is 0 Å². The van der Waals surface area contributed by atoms with Crippen molar-refractivity contribution in [2.45, 2.75) is 6.23 Å². The minimum absolute atomic E-state index is 0.579. The average molecular weight is 248 g/mol. The summed E-state index contributed by atoms with van der Waals surface area (Å²) in [4.78, 5) is 0. The third-order valence-electron chi connectivity index (χ3n) is 1.50. The van der Waals surface area contributed by atoms with E-state index in [1.54, 1.807) is 10.8 Å². The maximum Gasteiger partial charge on any atom is 0.123 e. The molecule has 0 spiro atoms. The Morgan fingerprint density at radius 2 is 1.87 bits per heavy atom. The number of hydrogen-bond donors (Lipinski definition) is 3. The van der Waals surface area contributed by atoms with Gasteiger partial charge in [0, 0.05) is 31.1 Å². The van der Waals surface area contributed by atoms with Gasteiger partial charge in [0.05, 0.1) is 0 Å². The summed E-state index contributed by atoms with van der Waals surface area (Å²) in [6.45, 7) is 9.78. The lowest BCUT2D eigenvalue weighted by molar-refractivity contribution is 0.188. The van der Waals surface area contributed by atoms with Crippen LogP contribution in [-0.4, -0.2) is 42.5 Å². The molecule has 1 unspecified atom stereocenters. The Bertz CT molecular complexity index is 168. The predicted octanol–water partition coefficient (Wildman–Crippen LogP) is 1.24. The molecule has 3 nitrogen and oxygen atoms in total. The van der Waals surface area contributed by atoms with Gasteiger partial charge in [-0.2, -0.15) is 0 Å². The SMILES string of the molecule is C=CCNCCSSCCNC(O)C=C.